The molecule has 0 aromatic carbocycles. The van der Waals surface area contributed by atoms with Crippen molar-refractivity contribution in [3.63, 3.8) is 0 Å². The van der Waals surface area contributed by atoms with Crippen LogP contribution in [0.3, 0.4) is 0 Å². The van der Waals surface area contributed by atoms with Gasteiger partial charge in [-0.05, 0) is 19.3 Å². The fourth-order valence-corrected chi connectivity index (χ4v) is 3.05. The van der Waals surface area contributed by atoms with E-state index in [1.165, 1.54) is 19.3 Å². The minimum absolute atomic E-state index is 0.737. The molecule has 1 N–H and O–H groups in total. The fourth-order valence-electron chi connectivity index (χ4n) is 3.05. The van der Waals surface area contributed by atoms with Crippen LogP contribution in [0.5, 0.6) is 0 Å². The second-order valence-electron chi connectivity index (χ2n) is 5.60. The summed E-state index contributed by atoms with van der Waals surface area (Å²) in [6.45, 7) is 5.29. The zero-order valence-electron chi connectivity index (χ0n) is 12.1. The first-order chi connectivity index (χ1) is 10.4. The van der Waals surface area contributed by atoms with Gasteiger partial charge in [0.2, 0.25) is 5.95 Å². The van der Waals surface area contributed by atoms with Crippen molar-refractivity contribution in [2.24, 2.45) is 0 Å². The van der Waals surface area contributed by atoms with Gasteiger partial charge in [0.25, 0.3) is 0 Å². The van der Waals surface area contributed by atoms with Crippen molar-refractivity contribution in [1.29, 1.82) is 0 Å². The van der Waals surface area contributed by atoms with Gasteiger partial charge in [0, 0.05) is 26.2 Å². The molecule has 2 saturated heterocycles. The Balaban J connectivity index is 1.74. The zero-order valence-corrected chi connectivity index (χ0v) is 12.1. The molecule has 0 aliphatic carbocycles. The summed E-state index contributed by atoms with van der Waals surface area (Å²) in [6, 6.07) is 0. The third-order valence-electron chi connectivity index (χ3n) is 4.20. The van der Waals surface area contributed by atoms with Gasteiger partial charge in [0.05, 0.1) is 19.5 Å². The molecule has 4 heterocycles. The Morgan fingerprint density at radius 3 is 2.57 bits per heavy atom. The number of aromatic amines is 1. The minimum Gasteiger partial charge on any atom is -0.378 e. The van der Waals surface area contributed by atoms with Crippen molar-refractivity contribution < 1.29 is 4.74 Å². The third kappa shape index (κ3) is 2.42. The van der Waals surface area contributed by atoms with E-state index in [9.17, 15) is 0 Å². The highest BCUT2D eigenvalue weighted by atomic mass is 16.5. The molecule has 0 unspecified atom stereocenters. The first-order valence-electron chi connectivity index (χ1n) is 7.70. The molecule has 0 spiro atoms. The van der Waals surface area contributed by atoms with Gasteiger partial charge in [-0.25, -0.2) is 4.98 Å². The average Bonchev–Trinajstić information content (AvgIpc) is 3.04. The standard InChI is InChI=1S/C14H20N6O/c1-2-4-19(5-3-1)13-11-12(16-10-15-11)17-14(18-13)20-6-8-21-9-7-20/h10H,1-9H2,(H,15,16,17,18). The SMILES string of the molecule is c1nc2nc(N3CCOCC3)nc(N3CCCCC3)c2[nH]1. The lowest BCUT2D eigenvalue weighted by Gasteiger charge is -2.30. The lowest BCUT2D eigenvalue weighted by molar-refractivity contribution is 0.122. The summed E-state index contributed by atoms with van der Waals surface area (Å²) in [5, 5.41) is 0. The number of anilines is 2. The van der Waals surface area contributed by atoms with Crippen LogP contribution in [0.15, 0.2) is 6.33 Å². The topological polar surface area (TPSA) is 70.2 Å². The lowest BCUT2D eigenvalue weighted by atomic mass is 10.1. The molecule has 0 amide bonds. The van der Waals surface area contributed by atoms with E-state index >= 15 is 0 Å². The fraction of sp³-hybridized carbons (Fsp3) is 0.643. The normalized spacial score (nSPS) is 20.2. The van der Waals surface area contributed by atoms with Crippen molar-refractivity contribution in [2.75, 3.05) is 49.2 Å². The van der Waals surface area contributed by atoms with Crippen LogP contribution in [0.1, 0.15) is 19.3 Å². The molecule has 7 heteroatoms. The van der Waals surface area contributed by atoms with E-state index in [2.05, 4.69) is 24.8 Å². The van der Waals surface area contributed by atoms with Crippen molar-refractivity contribution in [3.8, 4) is 0 Å². The first kappa shape index (κ1) is 12.8. The summed E-state index contributed by atoms with van der Waals surface area (Å²) >= 11 is 0. The Kier molecular flexibility index (Phi) is 3.34. The lowest BCUT2D eigenvalue weighted by Crippen LogP contribution is -2.38. The number of aromatic nitrogens is 4. The highest BCUT2D eigenvalue weighted by molar-refractivity contribution is 5.84. The van der Waals surface area contributed by atoms with E-state index in [0.29, 0.717) is 0 Å². The van der Waals surface area contributed by atoms with Crippen molar-refractivity contribution in [2.45, 2.75) is 19.3 Å². The molecule has 2 aliphatic rings. The number of morpholine rings is 1. The highest BCUT2D eigenvalue weighted by Gasteiger charge is 2.21. The Morgan fingerprint density at radius 2 is 1.76 bits per heavy atom. The Morgan fingerprint density at radius 1 is 0.952 bits per heavy atom. The number of fused-ring (bicyclic) bond motifs is 1. The molecule has 0 atom stereocenters. The van der Waals surface area contributed by atoms with Gasteiger partial charge < -0.3 is 19.5 Å². The molecule has 4 rings (SSSR count). The van der Waals surface area contributed by atoms with Crippen LogP contribution in [0.2, 0.25) is 0 Å². The molecule has 2 fully saturated rings. The van der Waals surface area contributed by atoms with Crippen molar-refractivity contribution in [3.05, 3.63) is 6.33 Å². The maximum atomic E-state index is 5.41. The maximum absolute atomic E-state index is 5.41. The first-order valence-corrected chi connectivity index (χ1v) is 7.70. The van der Waals surface area contributed by atoms with Crippen molar-refractivity contribution >= 4 is 22.9 Å². The van der Waals surface area contributed by atoms with E-state index in [-0.39, 0.29) is 0 Å². The molecule has 2 aromatic rings. The zero-order chi connectivity index (χ0) is 14.1. The molecule has 0 bridgehead atoms. The number of piperidine rings is 1. The molecule has 112 valence electrons. The van der Waals surface area contributed by atoms with E-state index in [4.69, 9.17) is 9.72 Å². The molecule has 2 aromatic heterocycles. The number of rotatable bonds is 2. The monoisotopic (exact) mass is 288 g/mol. The summed E-state index contributed by atoms with van der Waals surface area (Å²) < 4.78 is 5.41. The summed E-state index contributed by atoms with van der Waals surface area (Å²) in [5.41, 5.74) is 1.71. The van der Waals surface area contributed by atoms with Gasteiger partial charge in [-0.3, -0.25) is 0 Å². The maximum Gasteiger partial charge on any atom is 0.229 e. The number of H-pyrrole nitrogens is 1. The van der Waals surface area contributed by atoms with Crippen LogP contribution in [-0.4, -0.2) is 59.3 Å². The molecular weight excluding hydrogens is 268 g/mol. The molecular formula is C14H20N6O. The van der Waals surface area contributed by atoms with E-state index < -0.39 is 0 Å². The van der Waals surface area contributed by atoms with Gasteiger partial charge in [-0.15, -0.1) is 0 Å². The van der Waals surface area contributed by atoms with Gasteiger partial charge >= 0.3 is 0 Å². The quantitative estimate of drug-likeness (QED) is 0.895. The van der Waals surface area contributed by atoms with Crippen LogP contribution in [0.4, 0.5) is 11.8 Å². The molecule has 2 aliphatic heterocycles. The predicted octanol–water partition coefficient (Wildman–Crippen LogP) is 1.18. The molecule has 7 nitrogen and oxygen atoms in total. The molecule has 21 heavy (non-hydrogen) atoms. The largest absolute Gasteiger partial charge is 0.378 e. The van der Waals surface area contributed by atoms with Crippen LogP contribution < -0.4 is 9.80 Å². The minimum atomic E-state index is 0.737. The molecule has 0 saturated carbocycles. The molecule has 0 radical (unpaired) electrons. The summed E-state index contributed by atoms with van der Waals surface area (Å²) in [7, 11) is 0. The number of hydrogen-bond donors (Lipinski definition) is 1. The number of ether oxygens (including phenoxy) is 1. The Labute approximate surface area is 123 Å². The summed E-state index contributed by atoms with van der Waals surface area (Å²) in [4.78, 5) is 21.5. The number of nitrogens with one attached hydrogen (secondary N) is 1. The van der Waals surface area contributed by atoms with Crippen LogP contribution >= 0.6 is 0 Å². The number of nitrogens with zero attached hydrogens (tertiary/aromatic N) is 5. The van der Waals surface area contributed by atoms with Crippen LogP contribution in [0.25, 0.3) is 11.2 Å². The average molecular weight is 288 g/mol. The second-order valence-corrected chi connectivity index (χ2v) is 5.60. The van der Waals surface area contributed by atoms with E-state index in [1.807, 2.05) is 0 Å². The smallest absolute Gasteiger partial charge is 0.229 e. The van der Waals surface area contributed by atoms with Gasteiger partial charge in [-0.1, -0.05) is 0 Å². The second kappa shape index (κ2) is 5.48. The summed E-state index contributed by atoms with van der Waals surface area (Å²) in [6.07, 6.45) is 5.47. The van der Waals surface area contributed by atoms with E-state index in [1.54, 1.807) is 6.33 Å². The number of imidazole rings is 1. The Hall–Kier alpha value is -1.89. The van der Waals surface area contributed by atoms with Crippen LogP contribution in [0, 0.1) is 0 Å². The van der Waals surface area contributed by atoms with Crippen LogP contribution in [-0.2, 0) is 4.74 Å². The van der Waals surface area contributed by atoms with E-state index in [0.717, 1.165) is 62.3 Å². The van der Waals surface area contributed by atoms with Gasteiger partial charge in [-0.2, -0.15) is 9.97 Å². The van der Waals surface area contributed by atoms with Gasteiger partial charge in [0.15, 0.2) is 11.5 Å². The highest BCUT2D eigenvalue weighted by Crippen LogP contribution is 2.26. The van der Waals surface area contributed by atoms with Gasteiger partial charge in [0.1, 0.15) is 5.52 Å². The summed E-state index contributed by atoms with van der Waals surface area (Å²) in [5.74, 6) is 1.78. The predicted molar refractivity (Wildman–Crippen MR) is 80.8 cm³/mol. The Bertz CT molecular complexity index is 615. The third-order valence-corrected chi connectivity index (χ3v) is 4.20. The van der Waals surface area contributed by atoms with Crippen molar-refractivity contribution in [1.82, 2.24) is 19.9 Å². The number of hydrogen-bond acceptors (Lipinski definition) is 6.